The maximum absolute atomic E-state index is 13.2. The SMILES string of the molecule is COC(=O)C1=NN(c2ccccc2Cl)[C@H]2C(=O)N(c3ccc(Cl)cc3)C(=O)[C@@H]12. The van der Waals surface area contributed by atoms with Crippen LogP contribution in [-0.2, 0) is 19.1 Å². The van der Waals surface area contributed by atoms with Gasteiger partial charge in [0.2, 0.25) is 5.91 Å². The Bertz CT molecular complexity index is 1020. The summed E-state index contributed by atoms with van der Waals surface area (Å²) >= 11 is 12.2. The number of nitrogens with zero attached hydrogens (tertiary/aromatic N) is 3. The first-order chi connectivity index (χ1) is 13.4. The summed E-state index contributed by atoms with van der Waals surface area (Å²) in [5, 5.41) is 6.34. The molecule has 2 aromatic rings. The van der Waals surface area contributed by atoms with Gasteiger partial charge in [0.15, 0.2) is 5.71 Å². The van der Waals surface area contributed by atoms with Crippen LogP contribution in [0.15, 0.2) is 53.6 Å². The topological polar surface area (TPSA) is 79.3 Å². The number of carbonyl (C=O) groups excluding carboxylic acids is 3. The number of rotatable bonds is 3. The molecule has 0 radical (unpaired) electrons. The number of halogens is 2. The van der Waals surface area contributed by atoms with Crippen LogP contribution >= 0.6 is 23.2 Å². The number of ether oxygens (including phenoxy) is 1. The summed E-state index contributed by atoms with van der Waals surface area (Å²) in [6, 6.07) is 12.0. The smallest absolute Gasteiger partial charge is 0.355 e. The van der Waals surface area contributed by atoms with Gasteiger partial charge in [-0.1, -0.05) is 35.3 Å². The second kappa shape index (κ2) is 6.92. The van der Waals surface area contributed by atoms with Crippen molar-refractivity contribution in [1.82, 2.24) is 0 Å². The predicted molar refractivity (Wildman–Crippen MR) is 105 cm³/mol. The van der Waals surface area contributed by atoms with Crippen LogP contribution in [0.25, 0.3) is 0 Å². The molecular formula is C19H13Cl2N3O4. The Balaban J connectivity index is 1.82. The second-order valence-electron chi connectivity index (χ2n) is 6.18. The van der Waals surface area contributed by atoms with Gasteiger partial charge in [0.25, 0.3) is 5.91 Å². The predicted octanol–water partition coefficient (Wildman–Crippen LogP) is 2.90. The molecule has 1 fully saturated rings. The number of methoxy groups -OCH3 is 1. The molecule has 0 unspecified atom stereocenters. The number of anilines is 2. The first-order valence-corrected chi connectivity index (χ1v) is 9.03. The highest BCUT2D eigenvalue weighted by atomic mass is 35.5. The Kier molecular flexibility index (Phi) is 4.56. The van der Waals surface area contributed by atoms with Crippen LogP contribution in [0.4, 0.5) is 11.4 Å². The van der Waals surface area contributed by atoms with Gasteiger partial charge >= 0.3 is 5.97 Å². The number of carbonyl (C=O) groups is 3. The third kappa shape index (κ3) is 2.75. The highest BCUT2D eigenvalue weighted by Gasteiger charge is 2.59. The van der Waals surface area contributed by atoms with Crippen molar-refractivity contribution >= 4 is 58.1 Å². The maximum Gasteiger partial charge on any atom is 0.355 e. The van der Waals surface area contributed by atoms with Crippen LogP contribution in [0.5, 0.6) is 0 Å². The largest absolute Gasteiger partial charge is 0.464 e. The summed E-state index contributed by atoms with van der Waals surface area (Å²) in [6.07, 6.45) is 0. The van der Waals surface area contributed by atoms with Crippen LogP contribution in [0.2, 0.25) is 10.0 Å². The summed E-state index contributed by atoms with van der Waals surface area (Å²) in [6.45, 7) is 0. The van der Waals surface area contributed by atoms with Crippen molar-refractivity contribution in [3.63, 3.8) is 0 Å². The standard InChI is InChI=1S/C19H13Cl2N3O4/c1-28-19(27)15-14-16(24(22-15)13-5-3-2-4-12(13)21)18(26)23(17(14)25)11-8-6-10(20)7-9-11/h2-9,14,16H,1H3/t14-,16+/m0/s1. The van der Waals surface area contributed by atoms with Gasteiger partial charge in [0, 0.05) is 5.02 Å². The highest BCUT2D eigenvalue weighted by molar-refractivity contribution is 6.47. The summed E-state index contributed by atoms with van der Waals surface area (Å²) in [5.41, 5.74) is 0.636. The van der Waals surface area contributed by atoms with Gasteiger partial charge in [-0.25, -0.2) is 14.7 Å². The van der Waals surface area contributed by atoms with E-state index in [4.69, 9.17) is 27.9 Å². The quantitative estimate of drug-likeness (QED) is 0.566. The first kappa shape index (κ1) is 18.5. The second-order valence-corrected chi connectivity index (χ2v) is 7.03. The minimum absolute atomic E-state index is 0.137. The van der Waals surface area contributed by atoms with Crippen molar-refractivity contribution in [2.24, 2.45) is 11.0 Å². The van der Waals surface area contributed by atoms with E-state index in [0.717, 1.165) is 4.90 Å². The molecular weight excluding hydrogens is 405 g/mol. The van der Waals surface area contributed by atoms with E-state index in [9.17, 15) is 14.4 Å². The van der Waals surface area contributed by atoms with E-state index in [-0.39, 0.29) is 5.71 Å². The van der Waals surface area contributed by atoms with E-state index in [1.54, 1.807) is 48.5 Å². The van der Waals surface area contributed by atoms with Gasteiger partial charge in [-0.3, -0.25) is 9.59 Å². The molecule has 0 aliphatic carbocycles. The van der Waals surface area contributed by atoms with Crippen LogP contribution in [-0.4, -0.2) is 36.6 Å². The fraction of sp³-hybridized carbons (Fsp3) is 0.158. The van der Waals surface area contributed by atoms with Crippen LogP contribution < -0.4 is 9.91 Å². The van der Waals surface area contributed by atoms with Gasteiger partial charge in [-0.15, -0.1) is 0 Å². The van der Waals surface area contributed by atoms with E-state index < -0.39 is 29.7 Å². The van der Waals surface area contributed by atoms with Crippen molar-refractivity contribution in [2.45, 2.75) is 6.04 Å². The minimum atomic E-state index is -1.09. The van der Waals surface area contributed by atoms with E-state index >= 15 is 0 Å². The summed E-state index contributed by atoms with van der Waals surface area (Å²) in [7, 11) is 1.19. The summed E-state index contributed by atoms with van der Waals surface area (Å²) in [5.74, 6) is -2.94. The van der Waals surface area contributed by atoms with Crippen molar-refractivity contribution < 1.29 is 19.1 Å². The lowest BCUT2D eigenvalue weighted by Gasteiger charge is -2.22. The van der Waals surface area contributed by atoms with Crippen LogP contribution in [0.1, 0.15) is 0 Å². The first-order valence-electron chi connectivity index (χ1n) is 8.28. The maximum atomic E-state index is 13.2. The van der Waals surface area contributed by atoms with Crippen molar-refractivity contribution in [3.05, 3.63) is 58.6 Å². The number of hydrogen-bond donors (Lipinski definition) is 0. The van der Waals surface area contributed by atoms with E-state index in [1.165, 1.54) is 12.1 Å². The normalized spacial score (nSPS) is 21.0. The molecule has 2 amide bonds. The molecule has 28 heavy (non-hydrogen) atoms. The Labute approximate surface area is 170 Å². The van der Waals surface area contributed by atoms with E-state index in [0.29, 0.717) is 21.4 Å². The zero-order chi connectivity index (χ0) is 20.0. The van der Waals surface area contributed by atoms with Gasteiger partial charge in [-0.2, -0.15) is 5.10 Å². The molecule has 2 aromatic carbocycles. The Hall–Kier alpha value is -2.90. The Morgan fingerprint density at radius 3 is 2.36 bits per heavy atom. The Morgan fingerprint density at radius 2 is 1.71 bits per heavy atom. The zero-order valence-corrected chi connectivity index (χ0v) is 16.0. The van der Waals surface area contributed by atoms with E-state index in [1.807, 2.05) is 0 Å². The molecule has 2 atom stereocenters. The van der Waals surface area contributed by atoms with Crippen LogP contribution in [0, 0.1) is 5.92 Å². The van der Waals surface area contributed by atoms with Gasteiger partial charge < -0.3 is 4.74 Å². The molecule has 9 heteroatoms. The lowest BCUT2D eigenvalue weighted by molar-refractivity contribution is -0.133. The fourth-order valence-electron chi connectivity index (χ4n) is 3.37. The average molecular weight is 418 g/mol. The third-order valence-electron chi connectivity index (χ3n) is 4.63. The minimum Gasteiger partial charge on any atom is -0.464 e. The van der Waals surface area contributed by atoms with Gasteiger partial charge in [-0.05, 0) is 36.4 Å². The van der Waals surface area contributed by atoms with Crippen molar-refractivity contribution in [2.75, 3.05) is 17.0 Å². The van der Waals surface area contributed by atoms with Crippen molar-refractivity contribution in [3.8, 4) is 0 Å². The molecule has 2 aliphatic heterocycles. The number of amides is 2. The number of esters is 1. The van der Waals surface area contributed by atoms with Crippen LogP contribution in [0.3, 0.4) is 0 Å². The van der Waals surface area contributed by atoms with Crippen molar-refractivity contribution in [1.29, 1.82) is 0 Å². The number of imide groups is 1. The number of benzene rings is 2. The summed E-state index contributed by atoms with van der Waals surface area (Å²) < 4.78 is 4.77. The zero-order valence-electron chi connectivity index (χ0n) is 14.5. The molecule has 0 saturated carbocycles. The molecule has 0 bridgehead atoms. The molecule has 142 valence electrons. The van der Waals surface area contributed by atoms with E-state index in [2.05, 4.69) is 5.10 Å². The number of hydrazone groups is 1. The highest BCUT2D eigenvalue weighted by Crippen LogP contribution is 2.40. The van der Waals surface area contributed by atoms with Gasteiger partial charge in [0.05, 0.1) is 23.5 Å². The van der Waals surface area contributed by atoms with Gasteiger partial charge in [0.1, 0.15) is 12.0 Å². The monoisotopic (exact) mass is 417 g/mol. The Morgan fingerprint density at radius 1 is 1.04 bits per heavy atom. The summed E-state index contributed by atoms with van der Waals surface area (Å²) in [4.78, 5) is 39.6. The molecule has 2 heterocycles. The lowest BCUT2D eigenvalue weighted by Crippen LogP contribution is -2.39. The fourth-order valence-corrected chi connectivity index (χ4v) is 3.72. The average Bonchev–Trinajstić information content (AvgIpc) is 3.20. The lowest BCUT2D eigenvalue weighted by atomic mass is 9.98. The molecule has 0 aromatic heterocycles. The molecule has 4 rings (SSSR count). The number of para-hydroxylation sites is 1. The number of hydrogen-bond acceptors (Lipinski definition) is 6. The molecule has 0 spiro atoms. The molecule has 2 aliphatic rings. The molecule has 1 saturated heterocycles. The molecule has 0 N–H and O–H groups in total. The molecule has 7 nitrogen and oxygen atoms in total. The third-order valence-corrected chi connectivity index (χ3v) is 5.20. The number of fused-ring (bicyclic) bond motifs is 1.